The largest absolute Gasteiger partial charge is 0.482 e. The van der Waals surface area contributed by atoms with Crippen molar-refractivity contribution in [3.8, 4) is 5.75 Å². The number of benzene rings is 1. The summed E-state index contributed by atoms with van der Waals surface area (Å²) in [5.74, 6) is -0.492. The zero-order valence-electron chi connectivity index (χ0n) is 14.3. The van der Waals surface area contributed by atoms with Crippen molar-refractivity contribution in [1.82, 2.24) is 4.90 Å². The van der Waals surface area contributed by atoms with E-state index in [-0.39, 0.29) is 17.7 Å². The molecule has 2 N–H and O–H groups in total. The molecule has 0 bridgehead atoms. The van der Waals surface area contributed by atoms with Crippen LogP contribution in [-0.4, -0.2) is 59.1 Å². The first-order valence-corrected chi connectivity index (χ1v) is 8.91. The molecule has 25 heavy (non-hydrogen) atoms. The van der Waals surface area contributed by atoms with Gasteiger partial charge in [-0.25, -0.2) is 4.79 Å². The topological polar surface area (TPSA) is 79.2 Å². The minimum atomic E-state index is -1.02. The standard InChI is InChI=1S/C18H24ClNO5/c1-24-18-5-4-14(21)9-16(18)20(7-6-18)10-12-8-13(19)2-3-15(12)25-11-17(22)23/h2-3,8,14,16,21H,4-7,9-11H2,1H3,(H,22,23)/t14-,16+,18-/m1/s1. The van der Waals surface area contributed by atoms with Crippen LogP contribution in [0.15, 0.2) is 18.2 Å². The van der Waals surface area contributed by atoms with Gasteiger partial charge in [-0.1, -0.05) is 11.6 Å². The fraction of sp³-hybridized carbons (Fsp3) is 0.611. The van der Waals surface area contributed by atoms with Crippen LogP contribution in [0.25, 0.3) is 0 Å². The van der Waals surface area contributed by atoms with Crippen molar-refractivity contribution in [3.05, 3.63) is 28.8 Å². The highest BCUT2D eigenvalue weighted by molar-refractivity contribution is 6.30. The number of methoxy groups -OCH3 is 1. The summed E-state index contributed by atoms with van der Waals surface area (Å²) in [7, 11) is 1.75. The third-order valence-electron chi connectivity index (χ3n) is 5.42. The van der Waals surface area contributed by atoms with Gasteiger partial charge in [-0.3, -0.25) is 4.90 Å². The number of aliphatic carboxylic acids is 1. The van der Waals surface area contributed by atoms with E-state index in [0.717, 1.165) is 31.4 Å². The van der Waals surface area contributed by atoms with E-state index in [1.807, 2.05) is 6.07 Å². The summed E-state index contributed by atoms with van der Waals surface area (Å²) in [6.45, 7) is 1.05. The summed E-state index contributed by atoms with van der Waals surface area (Å²) in [6.07, 6.45) is 2.91. The summed E-state index contributed by atoms with van der Waals surface area (Å²) >= 11 is 6.13. The van der Waals surface area contributed by atoms with Gasteiger partial charge in [0.05, 0.1) is 11.7 Å². The van der Waals surface area contributed by atoms with Crippen molar-refractivity contribution in [3.63, 3.8) is 0 Å². The zero-order chi connectivity index (χ0) is 18.0. The Bertz CT molecular complexity index is 640. The van der Waals surface area contributed by atoms with E-state index in [1.54, 1.807) is 19.2 Å². The van der Waals surface area contributed by atoms with Crippen molar-refractivity contribution in [2.75, 3.05) is 20.3 Å². The molecule has 0 unspecified atom stereocenters. The Morgan fingerprint density at radius 1 is 1.44 bits per heavy atom. The number of aliphatic hydroxyl groups excluding tert-OH is 1. The number of nitrogens with zero attached hydrogens (tertiary/aromatic N) is 1. The van der Waals surface area contributed by atoms with E-state index in [0.29, 0.717) is 23.7 Å². The molecule has 0 radical (unpaired) electrons. The number of halogens is 1. The highest BCUT2D eigenvalue weighted by Crippen LogP contribution is 2.43. The van der Waals surface area contributed by atoms with Gasteiger partial charge < -0.3 is 19.7 Å². The second-order valence-corrected chi connectivity index (χ2v) is 7.30. The molecular formula is C18H24ClNO5. The van der Waals surface area contributed by atoms with Crippen molar-refractivity contribution in [2.24, 2.45) is 0 Å². The van der Waals surface area contributed by atoms with Crippen molar-refractivity contribution in [2.45, 2.75) is 50.0 Å². The van der Waals surface area contributed by atoms with Gasteiger partial charge in [0.2, 0.25) is 0 Å². The lowest BCUT2D eigenvalue weighted by Gasteiger charge is -2.42. The van der Waals surface area contributed by atoms with Gasteiger partial charge in [0.25, 0.3) is 0 Å². The Hall–Kier alpha value is -1.34. The summed E-state index contributed by atoms with van der Waals surface area (Å²) in [6, 6.07) is 5.34. The smallest absolute Gasteiger partial charge is 0.341 e. The number of aliphatic hydroxyl groups is 1. The van der Waals surface area contributed by atoms with Crippen LogP contribution in [-0.2, 0) is 16.1 Å². The highest BCUT2D eigenvalue weighted by atomic mass is 35.5. The molecule has 0 spiro atoms. The highest BCUT2D eigenvalue weighted by Gasteiger charge is 2.50. The zero-order valence-corrected chi connectivity index (χ0v) is 15.0. The number of carbonyl (C=O) groups is 1. The number of rotatable bonds is 6. The Balaban J connectivity index is 1.79. The Morgan fingerprint density at radius 3 is 2.96 bits per heavy atom. The molecule has 1 heterocycles. The molecule has 1 saturated heterocycles. The van der Waals surface area contributed by atoms with Crippen LogP contribution >= 0.6 is 11.6 Å². The number of likely N-dealkylation sites (tertiary alicyclic amines) is 1. The van der Waals surface area contributed by atoms with Crippen LogP contribution in [0.5, 0.6) is 5.75 Å². The second-order valence-electron chi connectivity index (χ2n) is 6.87. The van der Waals surface area contributed by atoms with Crippen LogP contribution in [0, 0.1) is 0 Å². The Labute approximate surface area is 152 Å². The quantitative estimate of drug-likeness (QED) is 0.801. The van der Waals surface area contributed by atoms with Crippen LogP contribution in [0.1, 0.15) is 31.2 Å². The average Bonchev–Trinajstić information content (AvgIpc) is 2.93. The van der Waals surface area contributed by atoms with Crippen LogP contribution in [0.4, 0.5) is 0 Å². The minimum absolute atomic E-state index is 0.132. The van der Waals surface area contributed by atoms with Gasteiger partial charge >= 0.3 is 5.97 Å². The number of fused-ring (bicyclic) bond motifs is 1. The van der Waals surface area contributed by atoms with Crippen LogP contribution in [0.3, 0.4) is 0 Å². The predicted molar refractivity (Wildman–Crippen MR) is 93.0 cm³/mol. The van der Waals surface area contributed by atoms with E-state index < -0.39 is 12.6 Å². The molecule has 7 heteroatoms. The third-order valence-corrected chi connectivity index (χ3v) is 5.66. The maximum Gasteiger partial charge on any atom is 0.341 e. The van der Waals surface area contributed by atoms with Crippen LogP contribution < -0.4 is 4.74 Å². The molecule has 1 saturated carbocycles. The molecule has 1 aliphatic heterocycles. The first-order chi connectivity index (χ1) is 11.9. The SMILES string of the molecule is CO[C@@]12CC[C@@H](O)C[C@@H]1N(Cc1cc(Cl)ccc1OCC(=O)O)CC2. The molecule has 2 aliphatic rings. The molecule has 0 aromatic heterocycles. The van der Waals surface area contributed by atoms with E-state index in [2.05, 4.69) is 4.90 Å². The second kappa shape index (κ2) is 7.50. The predicted octanol–water partition coefficient (Wildman–Crippen LogP) is 2.31. The summed E-state index contributed by atoms with van der Waals surface area (Å²) < 4.78 is 11.3. The number of carboxylic acid groups (broad SMARTS) is 1. The number of hydrogen-bond donors (Lipinski definition) is 2. The Kier molecular flexibility index (Phi) is 5.53. The summed E-state index contributed by atoms with van der Waals surface area (Å²) in [4.78, 5) is 13.1. The molecule has 0 amide bonds. The van der Waals surface area contributed by atoms with E-state index in [1.165, 1.54) is 0 Å². The molecule has 3 atom stereocenters. The molecule has 2 fully saturated rings. The first-order valence-electron chi connectivity index (χ1n) is 8.54. The number of ether oxygens (including phenoxy) is 2. The lowest BCUT2D eigenvalue weighted by atomic mass is 9.79. The molecule has 1 aliphatic carbocycles. The number of carboxylic acids is 1. The monoisotopic (exact) mass is 369 g/mol. The summed E-state index contributed by atoms with van der Waals surface area (Å²) in [5, 5.41) is 19.5. The maximum atomic E-state index is 10.8. The average molecular weight is 370 g/mol. The summed E-state index contributed by atoms with van der Waals surface area (Å²) in [5.41, 5.74) is 0.639. The lowest BCUT2D eigenvalue weighted by Crippen LogP contribution is -2.51. The third kappa shape index (κ3) is 3.92. The normalized spacial score (nSPS) is 29.4. The molecule has 1 aromatic rings. The van der Waals surface area contributed by atoms with Gasteiger partial charge in [0.1, 0.15) is 5.75 Å². The number of hydrogen-bond acceptors (Lipinski definition) is 5. The van der Waals surface area contributed by atoms with E-state index >= 15 is 0 Å². The molecular weight excluding hydrogens is 346 g/mol. The van der Waals surface area contributed by atoms with Gasteiger partial charge in [0.15, 0.2) is 6.61 Å². The van der Waals surface area contributed by atoms with E-state index in [4.69, 9.17) is 26.2 Å². The molecule has 138 valence electrons. The minimum Gasteiger partial charge on any atom is -0.482 e. The fourth-order valence-electron chi connectivity index (χ4n) is 4.13. The molecule has 3 rings (SSSR count). The van der Waals surface area contributed by atoms with Gasteiger partial charge in [-0.05, 0) is 43.9 Å². The van der Waals surface area contributed by atoms with Crippen LogP contribution in [0.2, 0.25) is 5.02 Å². The van der Waals surface area contributed by atoms with Gasteiger partial charge in [0, 0.05) is 36.8 Å². The molecule has 1 aromatic carbocycles. The van der Waals surface area contributed by atoms with E-state index in [9.17, 15) is 9.90 Å². The lowest BCUT2D eigenvalue weighted by molar-refractivity contribution is -0.139. The Morgan fingerprint density at radius 2 is 2.24 bits per heavy atom. The fourth-order valence-corrected chi connectivity index (χ4v) is 4.32. The van der Waals surface area contributed by atoms with Gasteiger partial charge in [-0.15, -0.1) is 0 Å². The van der Waals surface area contributed by atoms with Crippen molar-refractivity contribution in [1.29, 1.82) is 0 Å². The van der Waals surface area contributed by atoms with Crippen molar-refractivity contribution >= 4 is 17.6 Å². The molecule has 6 nitrogen and oxygen atoms in total. The first kappa shape index (κ1) is 18.5. The van der Waals surface area contributed by atoms with Gasteiger partial charge in [-0.2, -0.15) is 0 Å². The maximum absolute atomic E-state index is 10.8. The van der Waals surface area contributed by atoms with Crippen molar-refractivity contribution < 1.29 is 24.5 Å².